The molecule has 0 aromatic heterocycles. The Morgan fingerprint density at radius 1 is 0.476 bits per heavy atom. The normalized spacial score (nSPS) is 15.3. The molecule has 3 N–H and O–H groups in total. The van der Waals surface area contributed by atoms with Crippen molar-refractivity contribution in [3.05, 3.63) is 12.2 Å². The molecule has 3 atom stereocenters. The van der Waals surface area contributed by atoms with E-state index in [2.05, 4.69) is 19.1 Å². The summed E-state index contributed by atoms with van der Waals surface area (Å²) in [5, 5.41) is 30.9. The number of carboxylic acid groups (broad SMARTS) is 3. The predicted molar refractivity (Wildman–Crippen MR) is 173 cm³/mol. The highest BCUT2D eigenvalue weighted by Gasteiger charge is 2.56. The maximum atomic E-state index is 12.6. The summed E-state index contributed by atoms with van der Waals surface area (Å²) < 4.78 is -0.373. The van der Waals surface area contributed by atoms with Crippen LogP contribution in [0.1, 0.15) is 169 Å². The van der Waals surface area contributed by atoms with Gasteiger partial charge in [-0.3, -0.25) is 4.48 Å². The maximum absolute atomic E-state index is 12.6. The summed E-state index contributed by atoms with van der Waals surface area (Å²) in [6.07, 6.45) is 26.0. The zero-order chi connectivity index (χ0) is 31.6. The van der Waals surface area contributed by atoms with Crippen molar-refractivity contribution >= 4 is 17.9 Å². The number of aliphatic carboxylic acids is 3. The molecule has 7 nitrogen and oxygen atoms in total. The van der Waals surface area contributed by atoms with Crippen LogP contribution in [0.15, 0.2) is 12.2 Å². The molecule has 0 saturated carbocycles. The molecule has 3 unspecified atom stereocenters. The van der Waals surface area contributed by atoms with E-state index in [1.807, 2.05) is 20.8 Å². The molecule has 0 amide bonds. The molecule has 0 heterocycles. The van der Waals surface area contributed by atoms with Gasteiger partial charge in [0.2, 0.25) is 0 Å². The van der Waals surface area contributed by atoms with Crippen LogP contribution in [-0.4, -0.2) is 62.4 Å². The fraction of sp³-hybridized carbons (Fsp3) is 0.857. The van der Waals surface area contributed by atoms with Crippen LogP contribution in [0.3, 0.4) is 0 Å². The molecule has 7 heteroatoms. The number of nitrogens with zero attached hydrogens (tertiary/aromatic N) is 1. The molecule has 0 aliphatic carbocycles. The second-order valence-electron chi connectivity index (χ2n) is 12.3. The molecule has 42 heavy (non-hydrogen) atoms. The summed E-state index contributed by atoms with van der Waals surface area (Å²) in [6.45, 7) is 8.16. The second-order valence-corrected chi connectivity index (χ2v) is 12.3. The monoisotopic (exact) mass is 596 g/mol. The summed E-state index contributed by atoms with van der Waals surface area (Å²) in [7, 11) is 0. The zero-order valence-electron chi connectivity index (χ0n) is 27.7. The lowest BCUT2D eigenvalue weighted by atomic mass is 9.91. The molecule has 0 saturated heterocycles. The van der Waals surface area contributed by atoms with E-state index in [-0.39, 0.29) is 30.3 Å². The summed E-state index contributed by atoms with van der Waals surface area (Å²) in [5.41, 5.74) is 0. The van der Waals surface area contributed by atoms with Crippen molar-refractivity contribution < 1.29 is 34.2 Å². The van der Waals surface area contributed by atoms with Gasteiger partial charge in [-0.15, -0.1) is 0 Å². The van der Waals surface area contributed by atoms with Crippen LogP contribution in [0.4, 0.5) is 0 Å². The van der Waals surface area contributed by atoms with Crippen LogP contribution >= 0.6 is 0 Å². The van der Waals surface area contributed by atoms with E-state index >= 15 is 0 Å². The van der Waals surface area contributed by atoms with Crippen molar-refractivity contribution in [2.24, 2.45) is 0 Å². The molecular formula is C35H66NO6+. The largest absolute Gasteiger partial charge is 0.477 e. The molecule has 0 bridgehead atoms. The average Bonchev–Trinajstić information content (AvgIpc) is 2.95. The number of unbranched alkanes of at least 4 members (excludes halogenated alkanes) is 14. The fourth-order valence-electron chi connectivity index (χ4n) is 6.63. The van der Waals surface area contributed by atoms with Crippen molar-refractivity contribution in [2.45, 2.75) is 187 Å². The summed E-state index contributed by atoms with van der Waals surface area (Å²) in [4.78, 5) is 37.8. The van der Waals surface area contributed by atoms with Crippen LogP contribution in [0, 0.1) is 0 Å². The third-order valence-corrected chi connectivity index (χ3v) is 8.84. The first-order valence-electron chi connectivity index (χ1n) is 17.4. The topological polar surface area (TPSA) is 112 Å². The molecule has 0 aliphatic rings. The molecule has 0 aromatic rings. The Hall–Kier alpha value is -1.89. The lowest BCUT2D eigenvalue weighted by Gasteiger charge is -2.50. The van der Waals surface area contributed by atoms with Crippen LogP contribution in [-0.2, 0) is 14.4 Å². The van der Waals surface area contributed by atoms with E-state index in [0.29, 0.717) is 25.7 Å². The molecule has 0 rings (SSSR count). The highest BCUT2D eigenvalue weighted by molar-refractivity contribution is 5.78. The number of hydrogen-bond donors (Lipinski definition) is 3. The molecule has 0 aromatic carbocycles. The van der Waals surface area contributed by atoms with Gasteiger partial charge in [0.1, 0.15) is 0 Å². The van der Waals surface area contributed by atoms with Gasteiger partial charge in [0.15, 0.2) is 18.1 Å². The minimum Gasteiger partial charge on any atom is -0.477 e. The molecule has 0 aliphatic heterocycles. The van der Waals surface area contributed by atoms with Gasteiger partial charge >= 0.3 is 17.9 Å². The van der Waals surface area contributed by atoms with Crippen molar-refractivity contribution in [1.29, 1.82) is 0 Å². The third-order valence-electron chi connectivity index (χ3n) is 8.84. The van der Waals surface area contributed by atoms with Crippen LogP contribution in [0.2, 0.25) is 0 Å². The number of allylic oxidation sites excluding steroid dienone is 2. The minimum atomic E-state index is -1.08. The van der Waals surface area contributed by atoms with Crippen LogP contribution in [0.25, 0.3) is 0 Å². The van der Waals surface area contributed by atoms with Crippen molar-refractivity contribution in [1.82, 2.24) is 0 Å². The van der Waals surface area contributed by atoms with E-state index in [9.17, 15) is 29.7 Å². The first-order chi connectivity index (χ1) is 20.2. The van der Waals surface area contributed by atoms with Gasteiger partial charge in [0.25, 0.3) is 0 Å². The molecule has 246 valence electrons. The van der Waals surface area contributed by atoms with E-state index in [0.717, 1.165) is 32.1 Å². The smallest absolute Gasteiger partial charge is 0.362 e. The third kappa shape index (κ3) is 15.5. The Morgan fingerprint density at radius 3 is 1.10 bits per heavy atom. The Bertz CT molecular complexity index is 677. The van der Waals surface area contributed by atoms with Crippen LogP contribution in [0.5, 0.6) is 0 Å². The van der Waals surface area contributed by atoms with E-state index in [1.54, 1.807) is 0 Å². The summed E-state index contributed by atoms with van der Waals surface area (Å²) >= 11 is 0. The maximum Gasteiger partial charge on any atom is 0.362 e. The number of quaternary nitrogens is 1. The SMILES string of the molecule is CCCCCCCC/C=C/CCCCCCCCCC[N+](C(CCC)C(=O)O)(C(CCC)C(=O)O)C(CCC)C(=O)O. The number of carboxylic acids is 3. The first-order valence-corrected chi connectivity index (χ1v) is 17.4. The molecule has 0 radical (unpaired) electrons. The average molecular weight is 597 g/mol. The van der Waals surface area contributed by atoms with Gasteiger partial charge in [0, 0.05) is 19.3 Å². The lowest BCUT2D eigenvalue weighted by Crippen LogP contribution is -2.72. The van der Waals surface area contributed by atoms with Gasteiger partial charge in [-0.1, -0.05) is 104 Å². The first kappa shape index (κ1) is 40.1. The van der Waals surface area contributed by atoms with E-state index < -0.39 is 36.0 Å². The van der Waals surface area contributed by atoms with Gasteiger partial charge in [-0.05, 0) is 57.8 Å². The Kier molecular flexibility index (Phi) is 24.4. The minimum absolute atomic E-state index is 0.268. The highest BCUT2D eigenvalue weighted by Crippen LogP contribution is 2.34. The van der Waals surface area contributed by atoms with E-state index in [4.69, 9.17) is 0 Å². The van der Waals surface area contributed by atoms with Crippen molar-refractivity contribution in [2.75, 3.05) is 6.54 Å². The molecule has 0 spiro atoms. The standard InChI is InChI=1S/C35H65NO6/c1-5-9-10-11-12-13-14-15-16-17-18-19-20-21-22-23-24-25-29-36(30(26-6-2)33(37)38,31(27-7-3)34(39)40)32(28-8-4)35(41)42/h15-16,30-32H,5-14,17-29H2,1-4H3,(H2-,37,38,39,40,41,42)/p+1/b16-15+. The number of carbonyl (C=O) groups is 3. The van der Waals surface area contributed by atoms with Gasteiger partial charge in [-0.2, -0.15) is 0 Å². The second kappa shape index (κ2) is 25.6. The fourth-order valence-corrected chi connectivity index (χ4v) is 6.63. The summed E-state index contributed by atoms with van der Waals surface area (Å²) in [5.74, 6) is -3.25. The van der Waals surface area contributed by atoms with Gasteiger partial charge in [-0.25, -0.2) is 14.4 Å². The van der Waals surface area contributed by atoms with E-state index in [1.165, 1.54) is 64.2 Å². The van der Waals surface area contributed by atoms with Crippen molar-refractivity contribution in [3.8, 4) is 0 Å². The highest BCUT2D eigenvalue weighted by atomic mass is 16.4. The van der Waals surface area contributed by atoms with Crippen LogP contribution < -0.4 is 0 Å². The Balaban J connectivity index is 4.93. The summed E-state index contributed by atoms with van der Waals surface area (Å²) in [6, 6.07) is -3.14. The Labute approximate surface area is 257 Å². The number of hydrogen-bond acceptors (Lipinski definition) is 3. The quantitative estimate of drug-likeness (QED) is 0.0433. The van der Waals surface area contributed by atoms with Crippen molar-refractivity contribution in [3.63, 3.8) is 0 Å². The number of rotatable bonds is 30. The molecule has 0 fully saturated rings. The van der Waals surface area contributed by atoms with Gasteiger partial charge in [0.05, 0.1) is 6.54 Å². The zero-order valence-corrected chi connectivity index (χ0v) is 27.7. The van der Waals surface area contributed by atoms with Gasteiger partial charge < -0.3 is 15.3 Å². The predicted octanol–water partition coefficient (Wildman–Crippen LogP) is 9.38. The lowest BCUT2D eigenvalue weighted by molar-refractivity contribution is -0.973. The Morgan fingerprint density at radius 2 is 0.786 bits per heavy atom. The molecular weight excluding hydrogens is 530 g/mol.